The highest BCUT2D eigenvalue weighted by molar-refractivity contribution is 6.30. The molecule has 1 heterocycles. The first-order valence-electron chi connectivity index (χ1n) is 8.57. The lowest BCUT2D eigenvalue weighted by Crippen LogP contribution is -2.49. The third-order valence-corrected chi connectivity index (χ3v) is 4.52. The number of hydrogen-bond acceptors (Lipinski definition) is 3. The van der Waals surface area contributed by atoms with Crippen LogP contribution in [0.4, 0.5) is 4.79 Å². The summed E-state index contributed by atoms with van der Waals surface area (Å²) in [5.74, 6) is -0.395. The molecule has 0 saturated carbocycles. The summed E-state index contributed by atoms with van der Waals surface area (Å²) in [5, 5.41) is 12.7. The van der Waals surface area contributed by atoms with Gasteiger partial charge in [-0.25, -0.2) is 4.79 Å². The second-order valence-electron chi connectivity index (χ2n) is 6.45. The smallest absolute Gasteiger partial charge is 0.317 e. The van der Waals surface area contributed by atoms with Crippen LogP contribution < -0.4 is 10.1 Å². The maximum atomic E-state index is 12.3. The number of halogens is 1. The molecule has 1 aromatic carbocycles. The van der Waals surface area contributed by atoms with E-state index in [4.69, 9.17) is 16.3 Å². The lowest BCUT2D eigenvalue weighted by atomic mass is 9.91. The van der Waals surface area contributed by atoms with E-state index < -0.39 is 11.9 Å². The Labute approximate surface area is 153 Å². The summed E-state index contributed by atoms with van der Waals surface area (Å²) in [4.78, 5) is 25.1. The van der Waals surface area contributed by atoms with Crippen molar-refractivity contribution in [2.24, 2.45) is 11.8 Å². The lowest BCUT2D eigenvalue weighted by Gasteiger charge is -2.34. The van der Waals surface area contributed by atoms with E-state index in [2.05, 4.69) is 5.32 Å². The Morgan fingerprint density at radius 1 is 1.40 bits per heavy atom. The fourth-order valence-electron chi connectivity index (χ4n) is 3.15. The number of likely N-dealkylation sites (tertiary alicyclic amines) is 1. The Kier molecular flexibility index (Phi) is 6.93. The normalized spacial score (nSPS) is 20.2. The molecule has 2 amide bonds. The maximum absolute atomic E-state index is 12.3. The van der Waals surface area contributed by atoms with Crippen molar-refractivity contribution in [1.82, 2.24) is 10.2 Å². The topological polar surface area (TPSA) is 78.9 Å². The predicted octanol–water partition coefficient (Wildman–Crippen LogP) is 3.03. The third-order valence-electron chi connectivity index (χ3n) is 4.29. The van der Waals surface area contributed by atoms with Gasteiger partial charge in [0.1, 0.15) is 5.75 Å². The Balaban J connectivity index is 1.90. The molecule has 138 valence electrons. The number of rotatable bonds is 6. The van der Waals surface area contributed by atoms with Gasteiger partial charge in [0.05, 0.1) is 12.5 Å². The summed E-state index contributed by atoms with van der Waals surface area (Å²) >= 11 is 6.04. The van der Waals surface area contributed by atoms with Gasteiger partial charge < -0.3 is 20.1 Å². The molecular formula is C18H25ClN2O4. The van der Waals surface area contributed by atoms with Crippen molar-refractivity contribution in [3.8, 4) is 5.75 Å². The largest absolute Gasteiger partial charge is 0.494 e. The number of benzene rings is 1. The quantitative estimate of drug-likeness (QED) is 0.808. The van der Waals surface area contributed by atoms with Crippen LogP contribution in [0.1, 0.15) is 25.8 Å². The second kappa shape index (κ2) is 8.94. The minimum absolute atomic E-state index is 0.179. The molecule has 6 nitrogen and oxygen atoms in total. The van der Waals surface area contributed by atoms with Gasteiger partial charge in [-0.2, -0.15) is 0 Å². The lowest BCUT2D eigenvalue weighted by molar-refractivity contribution is -0.143. The van der Waals surface area contributed by atoms with E-state index in [0.29, 0.717) is 37.6 Å². The van der Waals surface area contributed by atoms with Crippen LogP contribution in [-0.2, 0) is 11.2 Å². The van der Waals surface area contributed by atoms with E-state index in [0.717, 1.165) is 11.3 Å². The highest BCUT2D eigenvalue weighted by atomic mass is 35.5. The number of urea groups is 1. The van der Waals surface area contributed by atoms with Gasteiger partial charge in [0.2, 0.25) is 0 Å². The van der Waals surface area contributed by atoms with E-state index in [1.807, 2.05) is 26.0 Å². The van der Waals surface area contributed by atoms with Crippen molar-refractivity contribution in [3.05, 3.63) is 28.8 Å². The Hall–Kier alpha value is -1.95. The maximum Gasteiger partial charge on any atom is 0.317 e. The van der Waals surface area contributed by atoms with Gasteiger partial charge in [0.15, 0.2) is 0 Å². The van der Waals surface area contributed by atoms with Crippen molar-refractivity contribution in [1.29, 1.82) is 0 Å². The second-order valence-corrected chi connectivity index (χ2v) is 6.88. The molecule has 7 heteroatoms. The first-order valence-corrected chi connectivity index (χ1v) is 8.95. The fraction of sp³-hybridized carbons (Fsp3) is 0.556. The van der Waals surface area contributed by atoms with Crippen LogP contribution >= 0.6 is 11.6 Å². The Morgan fingerprint density at radius 3 is 2.84 bits per heavy atom. The third kappa shape index (κ3) is 5.53. The average Bonchev–Trinajstić information content (AvgIpc) is 2.56. The number of amides is 2. The van der Waals surface area contributed by atoms with E-state index in [9.17, 15) is 14.7 Å². The Morgan fingerprint density at radius 2 is 2.16 bits per heavy atom. The number of nitrogens with zero attached hydrogens (tertiary/aromatic N) is 1. The van der Waals surface area contributed by atoms with Crippen LogP contribution in [0.15, 0.2) is 18.2 Å². The molecule has 0 aromatic heterocycles. The molecule has 2 unspecified atom stereocenters. The van der Waals surface area contributed by atoms with Crippen LogP contribution in [0.2, 0.25) is 5.02 Å². The SMILES string of the molecule is CCOc1ccc(Cl)cc1CCNC(=O)N1CC(C)CC(C(=O)O)C1. The average molecular weight is 369 g/mol. The number of carbonyl (C=O) groups excluding carboxylic acids is 1. The molecular weight excluding hydrogens is 344 g/mol. The highest BCUT2D eigenvalue weighted by Crippen LogP contribution is 2.24. The summed E-state index contributed by atoms with van der Waals surface area (Å²) < 4.78 is 5.57. The summed E-state index contributed by atoms with van der Waals surface area (Å²) in [6.45, 7) is 5.71. The van der Waals surface area contributed by atoms with E-state index in [1.54, 1.807) is 11.0 Å². The molecule has 2 N–H and O–H groups in total. The van der Waals surface area contributed by atoms with E-state index in [1.165, 1.54) is 0 Å². The molecule has 2 rings (SSSR count). The number of carbonyl (C=O) groups is 2. The van der Waals surface area contributed by atoms with Gasteiger partial charge in [-0.1, -0.05) is 18.5 Å². The van der Waals surface area contributed by atoms with Crippen molar-refractivity contribution >= 4 is 23.6 Å². The van der Waals surface area contributed by atoms with Gasteiger partial charge in [-0.05, 0) is 49.4 Å². The van der Waals surface area contributed by atoms with Crippen molar-refractivity contribution in [3.63, 3.8) is 0 Å². The molecule has 25 heavy (non-hydrogen) atoms. The highest BCUT2D eigenvalue weighted by Gasteiger charge is 2.31. The molecule has 1 fully saturated rings. The monoisotopic (exact) mass is 368 g/mol. The van der Waals surface area contributed by atoms with Gasteiger partial charge in [0.25, 0.3) is 0 Å². The first-order chi connectivity index (χ1) is 11.9. The van der Waals surface area contributed by atoms with Crippen molar-refractivity contribution < 1.29 is 19.4 Å². The Bertz CT molecular complexity index is 623. The van der Waals surface area contributed by atoms with Crippen LogP contribution in [0.5, 0.6) is 5.75 Å². The molecule has 0 bridgehead atoms. The van der Waals surface area contributed by atoms with Crippen LogP contribution in [-0.4, -0.2) is 48.2 Å². The number of carboxylic acids is 1. The van der Waals surface area contributed by atoms with Gasteiger partial charge in [-0.3, -0.25) is 4.79 Å². The molecule has 1 aliphatic rings. The van der Waals surface area contributed by atoms with Gasteiger partial charge >= 0.3 is 12.0 Å². The molecule has 0 spiro atoms. The zero-order valence-corrected chi connectivity index (χ0v) is 15.4. The molecule has 1 aliphatic heterocycles. The summed E-state index contributed by atoms with van der Waals surface area (Å²) in [5.41, 5.74) is 0.935. The standard InChI is InChI=1S/C18H25ClN2O4/c1-3-25-16-5-4-15(19)9-13(16)6-7-20-18(24)21-10-12(2)8-14(11-21)17(22)23/h4-5,9,12,14H,3,6-8,10-11H2,1-2H3,(H,20,24)(H,22,23). The number of ether oxygens (including phenoxy) is 1. The van der Waals surface area contributed by atoms with Crippen LogP contribution in [0.3, 0.4) is 0 Å². The summed E-state index contributed by atoms with van der Waals surface area (Å²) in [6, 6.07) is 5.21. The molecule has 1 saturated heterocycles. The summed E-state index contributed by atoms with van der Waals surface area (Å²) in [7, 11) is 0. The number of nitrogens with one attached hydrogen (secondary N) is 1. The molecule has 0 radical (unpaired) electrons. The molecule has 1 aromatic rings. The van der Waals surface area contributed by atoms with Crippen molar-refractivity contribution in [2.45, 2.75) is 26.7 Å². The number of carboxylic acid groups (broad SMARTS) is 1. The number of piperidine rings is 1. The minimum atomic E-state index is -0.843. The minimum Gasteiger partial charge on any atom is -0.494 e. The number of aliphatic carboxylic acids is 1. The van der Waals surface area contributed by atoms with Gasteiger partial charge in [0, 0.05) is 24.7 Å². The zero-order valence-electron chi connectivity index (χ0n) is 14.6. The van der Waals surface area contributed by atoms with Crippen molar-refractivity contribution in [2.75, 3.05) is 26.2 Å². The predicted molar refractivity (Wildman–Crippen MR) is 96.2 cm³/mol. The number of hydrogen-bond donors (Lipinski definition) is 2. The van der Waals surface area contributed by atoms with Gasteiger partial charge in [-0.15, -0.1) is 0 Å². The molecule has 0 aliphatic carbocycles. The van der Waals surface area contributed by atoms with E-state index >= 15 is 0 Å². The van der Waals surface area contributed by atoms with E-state index in [-0.39, 0.29) is 18.5 Å². The first kappa shape index (κ1) is 19.4. The van der Waals surface area contributed by atoms with Crippen LogP contribution in [0.25, 0.3) is 0 Å². The van der Waals surface area contributed by atoms with Crippen LogP contribution in [0, 0.1) is 11.8 Å². The summed E-state index contributed by atoms with van der Waals surface area (Å²) in [6.07, 6.45) is 1.20. The molecule has 2 atom stereocenters. The fourth-order valence-corrected chi connectivity index (χ4v) is 3.35. The zero-order chi connectivity index (χ0) is 18.4.